The summed E-state index contributed by atoms with van der Waals surface area (Å²) in [5.41, 5.74) is 2.31. The van der Waals surface area contributed by atoms with E-state index in [1.165, 1.54) is 24.3 Å². The molecule has 9 heteroatoms. The van der Waals surface area contributed by atoms with Crippen molar-refractivity contribution in [1.82, 2.24) is 0 Å². The number of amides is 1. The first-order valence-corrected chi connectivity index (χ1v) is 9.51. The quantitative estimate of drug-likeness (QED) is 0.410. The molecule has 2 aromatic carbocycles. The Kier molecular flexibility index (Phi) is 6.74. The molecule has 0 fully saturated rings. The van der Waals surface area contributed by atoms with E-state index in [1.54, 1.807) is 11.8 Å². The van der Waals surface area contributed by atoms with Gasteiger partial charge in [-0.3, -0.25) is 14.9 Å². The fourth-order valence-corrected chi connectivity index (χ4v) is 3.17. The molecule has 0 unspecified atom stereocenters. The second-order valence-electron chi connectivity index (χ2n) is 6.50. The molecule has 30 heavy (non-hydrogen) atoms. The van der Waals surface area contributed by atoms with Gasteiger partial charge in [0.05, 0.1) is 22.9 Å². The zero-order valence-electron chi connectivity index (χ0n) is 16.4. The summed E-state index contributed by atoms with van der Waals surface area (Å²) in [5.74, 6) is -0.759. The molecular weight excluding hydrogens is 390 g/mol. The predicted octanol–water partition coefficient (Wildman–Crippen LogP) is 3.32. The molecule has 0 aliphatic carbocycles. The summed E-state index contributed by atoms with van der Waals surface area (Å²) >= 11 is 0. The van der Waals surface area contributed by atoms with E-state index >= 15 is 0 Å². The molecule has 9 nitrogen and oxygen atoms in total. The molecule has 1 aliphatic heterocycles. The van der Waals surface area contributed by atoms with Crippen LogP contribution in [0.4, 0.5) is 11.4 Å². The molecule has 0 atom stereocenters. The third-order valence-electron chi connectivity index (χ3n) is 4.53. The van der Waals surface area contributed by atoms with Gasteiger partial charge < -0.3 is 14.5 Å². The standard InChI is InChI=1S/C21H21N3O6/c1-2-29-20(25)14-30-22-18-7-5-13-23(19-8-4-3-6-17(18)19)21(26)15-9-11-16(12-10-15)24(27)28/h3-4,6,8-12H,2,5,7,13-14H2,1H3/b22-18-. The van der Waals surface area contributed by atoms with Crippen molar-refractivity contribution in [3.63, 3.8) is 0 Å². The van der Waals surface area contributed by atoms with Gasteiger partial charge in [-0.2, -0.15) is 0 Å². The van der Waals surface area contributed by atoms with Gasteiger partial charge in [0.1, 0.15) is 0 Å². The lowest BCUT2D eigenvalue weighted by Gasteiger charge is -2.22. The number of esters is 1. The van der Waals surface area contributed by atoms with Crippen molar-refractivity contribution in [2.24, 2.45) is 5.16 Å². The number of oxime groups is 1. The molecule has 1 amide bonds. The summed E-state index contributed by atoms with van der Waals surface area (Å²) in [6, 6.07) is 12.8. The van der Waals surface area contributed by atoms with E-state index in [9.17, 15) is 19.7 Å². The number of para-hydroxylation sites is 1. The zero-order valence-corrected chi connectivity index (χ0v) is 16.4. The number of anilines is 1. The van der Waals surface area contributed by atoms with E-state index in [1.807, 2.05) is 24.3 Å². The normalized spacial score (nSPS) is 14.6. The Morgan fingerprint density at radius 1 is 1.17 bits per heavy atom. The Hall–Kier alpha value is -3.75. The van der Waals surface area contributed by atoms with Crippen LogP contribution in [0.3, 0.4) is 0 Å². The lowest BCUT2D eigenvalue weighted by molar-refractivity contribution is -0.384. The Morgan fingerprint density at radius 3 is 2.60 bits per heavy atom. The van der Waals surface area contributed by atoms with Gasteiger partial charge >= 0.3 is 5.97 Å². The maximum Gasteiger partial charge on any atom is 0.347 e. The van der Waals surface area contributed by atoms with Crippen LogP contribution in [0, 0.1) is 10.1 Å². The van der Waals surface area contributed by atoms with E-state index in [0.717, 1.165) is 5.56 Å². The number of benzene rings is 2. The van der Waals surface area contributed by atoms with Crippen LogP contribution in [-0.4, -0.2) is 42.3 Å². The number of nitrogens with zero attached hydrogens (tertiary/aromatic N) is 3. The molecule has 3 rings (SSSR count). The highest BCUT2D eigenvalue weighted by molar-refractivity contribution is 6.13. The van der Waals surface area contributed by atoms with E-state index in [0.29, 0.717) is 36.3 Å². The second-order valence-corrected chi connectivity index (χ2v) is 6.50. The molecule has 1 aliphatic rings. The molecule has 0 bridgehead atoms. The van der Waals surface area contributed by atoms with Gasteiger partial charge in [-0.15, -0.1) is 0 Å². The number of ether oxygens (including phenoxy) is 1. The Bertz CT molecular complexity index is 971. The highest BCUT2D eigenvalue weighted by atomic mass is 16.7. The zero-order chi connectivity index (χ0) is 21.5. The minimum Gasteiger partial charge on any atom is -0.463 e. The third-order valence-corrected chi connectivity index (χ3v) is 4.53. The van der Waals surface area contributed by atoms with Crippen molar-refractivity contribution in [3.8, 4) is 0 Å². The topological polar surface area (TPSA) is 111 Å². The fraction of sp³-hybridized carbons (Fsp3) is 0.286. The minimum absolute atomic E-state index is 0.0732. The molecule has 0 N–H and O–H groups in total. The summed E-state index contributed by atoms with van der Waals surface area (Å²) in [7, 11) is 0. The molecule has 0 radical (unpaired) electrons. The van der Waals surface area contributed by atoms with Gasteiger partial charge in [-0.1, -0.05) is 23.4 Å². The van der Waals surface area contributed by atoms with E-state index in [2.05, 4.69) is 5.16 Å². The van der Waals surface area contributed by atoms with Crippen LogP contribution in [0.5, 0.6) is 0 Å². The summed E-state index contributed by atoms with van der Waals surface area (Å²) < 4.78 is 4.82. The molecule has 0 saturated heterocycles. The van der Waals surface area contributed by atoms with Gasteiger partial charge in [-0.05, 0) is 38.0 Å². The average Bonchev–Trinajstić information content (AvgIpc) is 2.93. The molecular formula is C21H21N3O6. The average molecular weight is 411 g/mol. The monoisotopic (exact) mass is 411 g/mol. The van der Waals surface area contributed by atoms with E-state index < -0.39 is 10.9 Å². The molecule has 2 aromatic rings. The number of fused-ring (bicyclic) bond motifs is 1. The van der Waals surface area contributed by atoms with Gasteiger partial charge in [-0.25, -0.2) is 4.79 Å². The summed E-state index contributed by atoms with van der Waals surface area (Å²) in [6.07, 6.45) is 1.19. The Labute approximate surface area is 173 Å². The SMILES string of the molecule is CCOC(=O)CO/N=C1/CCCN(C(=O)c2ccc([N+](=O)[O-])cc2)c2ccccc21. The first-order chi connectivity index (χ1) is 14.5. The molecule has 0 spiro atoms. The summed E-state index contributed by atoms with van der Waals surface area (Å²) in [4.78, 5) is 41.7. The number of rotatable bonds is 6. The number of carbonyl (C=O) groups is 2. The second kappa shape index (κ2) is 9.64. The smallest absolute Gasteiger partial charge is 0.347 e. The van der Waals surface area contributed by atoms with E-state index in [-0.39, 0.29) is 24.8 Å². The van der Waals surface area contributed by atoms with Crippen LogP contribution >= 0.6 is 0 Å². The number of nitro benzene ring substituents is 1. The lowest BCUT2D eigenvalue weighted by atomic mass is 10.1. The van der Waals surface area contributed by atoms with Gasteiger partial charge in [0.2, 0.25) is 6.61 Å². The maximum atomic E-state index is 13.1. The number of carbonyl (C=O) groups excluding carboxylic acids is 2. The third kappa shape index (κ3) is 4.80. The van der Waals surface area contributed by atoms with E-state index in [4.69, 9.17) is 9.57 Å². The van der Waals surface area contributed by atoms with Crippen LogP contribution in [-0.2, 0) is 14.4 Å². The summed E-state index contributed by atoms with van der Waals surface area (Å²) in [5, 5.41) is 15.0. The largest absolute Gasteiger partial charge is 0.463 e. The highest BCUT2D eigenvalue weighted by Crippen LogP contribution is 2.28. The molecule has 0 saturated carbocycles. The fourth-order valence-electron chi connectivity index (χ4n) is 3.17. The number of nitro groups is 1. The predicted molar refractivity (Wildman–Crippen MR) is 110 cm³/mol. The van der Waals surface area contributed by atoms with Gasteiger partial charge in [0, 0.05) is 29.8 Å². The molecule has 1 heterocycles. The highest BCUT2D eigenvalue weighted by Gasteiger charge is 2.25. The van der Waals surface area contributed by atoms with Crippen molar-refractivity contribution in [3.05, 3.63) is 69.8 Å². The van der Waals surface area contributed by atoms with Crippen LogP contribution in [0.2, 0.25) is 0 Å². The van der Waals surface area contributed by atoms with Crippen molar-refractivity contribution >= 4 is 29.0 Å². The van der Waals surface area contributed by atoms with Crippen LogP contribution in [0.25, 0.3) is 0 Å². The Balaban J connectivity index is 1.85. The van der Waals surface area contributed by atoms with Crippen molar-refractivity contribution in [2.45, 2.75) is 19.8 Å². The van der Waals surface area contributed by atoms with Gasteiger partial charge in [0.25, 0.3) is 11.6 Å². The first-order valence-electron chi connectivity index (χ1n) is 9.51. The number of non-ortho nitro benzene ring substituents is 1. The van der Waals surface area contributed by atoms with Crippen molar-refractivity contribution < 1.29 is 24.1 Å². The molecule has 156 valence electrons. The van der Waals surface area contributed by atoms with Gasteiger partial charge in [0.15, 0.2) is 0 Å². The minimum atomic E-state index is -0.505. The molecule has 0 aromatic heterocycles. The van der Waals surface area contributed by atoms with Crippen molar-refractivity contribution in [1.29, 1.82) is 0 Å². The maximum absolute atomic E-state index is 13.1. The van der Waals surface area contributed by atoms with Crippen LogP contribution in [0.1, 0.15) is 35.7 Å². The summed E-state index contributed by atoms with van der Waals surface area (Å²) in [6.45, 7) is 2.14. The lowest BCUT2D eigenvalue weighted by Crippen LogP contribution is -2.31. The van der Waals surface area contributed by atoms with Crippen LogP contribution < -0.4 is 4.90 Å². The van der Waals surface area contributed by atoms with Crippen LogP contribution in [0.15, 0.2) is 53.7 Å². The Morgan fingerprint density at radius 2 is 1.90 bits per heavy atom. The van der Waals surface area contributed by atoms with Crippen molar-refractivity contribution in [2.75, 3.05) is 24.7 Å². The number of hydrogen-bond acceptors (Lipinski definition) is 7. The number of hydrogen-bond donors (Lipinski definition) is 0. The first kappa shape index (κ1) is 21.0.